The van der Waals surface area contributed by atoms with Gasteiger partial charge in [0, 0.05) is 30.7 Å². The minimum Gasteiger partial charge on any atom is -0.305 e. The van der Waals surface area contributed by atoms with E-state index in [1.807, 2.05) is 25.8 Å². The molecule has 5 heteroatoms. The fourth-order valence-electron chi connectivity index (χ4n) is 2.56. The molecule has 1 rings (SSSR count). The Morgan fingerprint density at radius 1 is 1.39 bits per heavy atom. The van der Waals surface area contributed by atoms with Crippen LogP contribution in [0, 0.1) is 11.3 Å². The van der Waals surface area contributed by atoms with Crippen LogP contribution in [0.25, 0.3) is 0 Å². The largest absolute Gasteiger partial charge is 0.305 e. The molecule has 0 amide bonds. The minimum atomic E-state index is -2.92. The van der Waals surface area contributed by atoms with Gasteiger partial charge >= 0.3 is 0 Å². The quantitative estimate of drug-likeness (QED) is 0.760. The molecular formula is C13H25NO3S. The van der Waals surface area contributed by atoms with Crippen LogP contribution in [0.3, 0.4) is 0 Å². The summed E-state index contributed by atoms with van der Waals surface area (Å²) in [5.41, 5.74) is -0.208. The van der Waals surface area contributed by atoms with Gasteiger partial charge in [0.2, 0.25) is 0 Å². The van der Waals surface area contributed by atoms with Crippen molar-refractivity contribution in [3.63, 3.8) is 0 Å². The average molecular weight is 275 g/mol. The van der Waals surface area contributed by atoms with Crippen LogP contribution in [0.15, 0.2) is 0 Å². The van der Waals surface area contributed by atoms with E-state index in [1.165, 1.54) is 6.26 Å². The second-order valence-corrected chi connectivity index (χ2v) is 8.49. The number of rotatable bonds is 5. The summed E-state index contributed by atoms with van der Waals surface area (Å²) in [7, 11) is -1.03. The number of carbonyl (C=O) groups is 1. The van der Waals surface area contributed by atoms with Crippen LogP contribution in [0.1, 0.15) is 33.1 Å². The molecule has 1 unspecified atom stereocenters. The lowest BCUT2D eigenvalue weighted by Gasteiger charge is -2.35. The molecule has 0 aromatic rings. The predicted octanol–water partition coefficient (Wildman–Crippen LogP) is 1.36. The van der Waals surface area contributed by atoms with Gasteiger partial charge < -0.3 is 4.90 Å². The van der Waals surface area contributed by atoms with E-state index in [4.69, 9.17) is 0 Å². The van der Waals surface area contributed by atoms with Gasteiger partial charge in [0.1, 0.15) is 15.6 Å². The van der Waals surface area contributed by atoms with Gasteiger partial charge in [-0.15, -0.1) is 0 Å². The zero-order valence-corrected chi connectivity index (χ0v) is 12.7. The van der Waals surface area contributed by atoms with Crippen molar-refractivity contribution in [2.75, 3.05) is 32.1 Å². The number of hydrogen-bond acceptors (Lipinski definition) is 4. The molecule has 18 heavy (non-hydrogen) atoms. The number of hydrogen-bond donors (Lipinski definition) is 0. The van der Waals surface area contributed by atoms with Gasteiger partial charge in [-0.2, -0.15) is 0 Å². The van der Waals surface area contributed by atoms with Crippen molar-refractivity contribution in [2.24, 2.45) is 11.3 Å². The smallest absolute Gasteiger partial charge is 0.148 e. The Hall–Kier alpha value is -0.420. The van der Waals surface area contributed by atoms with E-state index >= 15 is 0 Å². The van der Waals surface area contributed by atoms with Crippen LogP contribution in [0.2, 0.25) is 0 Å². The third kappa shape index (κ3) is 4.69. The van der Waals surface area contributed by atoms with Gasteiger partial charge in [0.05, 0.1) is 5.75 Å². The zero-order chi connectivity index (χ0) is 14.0. The molecule has 4 nitrogen and oxygen atoms in total. The number of carbonyl (C=O) groups excluding carboxylic acids is 1. The Kier molecular flexibility index (Phi) is 4.95. The van der Waals surface area contributed by atoms with Gasteiger partial charge in [-0.25, -0.2) is 8.42 Å². The fourth-order valence-corrected chi connectivity index (χ4v) is 3.20. The molecule has 1 fully saturated rings. The molecule has 0 bridgehead atoms. The van der Waals surface area contributed by atoms with Crippen molar-refractivity contribution in [1.29, 1.82) is 0 Å². The number of sulfone groups is 1. The van der Waals surface area contributed by atoms with Crippen molar-refractivity contribution in [3.8, 4) is 0 Å². The average Bonchev–Trinajstić information content (AvgIpc) is 2.21. The monoisotopic (exact) mass is 275 g/mol. The van der Waals surface area contributed by atoms with E-state index in [0.717, 1.165) is 19.3 Å². The molecule has 0 aromatic carbocycles. The molecule has 0 N–H and O–H groups in total. The molecule has 1 aliphatic rings. The van der Waals surface area contributed by atoms with Crippen molar-refractivity contribution in [2.45, 2.75) is 33.1 Å². The highest BCUT2D eigenvalue weighted by Gasteiger charge is 2.37. The summed E-state index contributed by atoms with van der Waals surface area (Å²) in [5, 5.41) is 0. The molecule has 1 atom stereocenters. The SMILES string of the molecule is CN(CCS(C)(=O)=O)CC1CCCC(C)(C)C1=O. The Balaban J connectivity index is 2.49. The maximum Gasteiger partial charge on any atom is 0.148 e. The van der Waals surface area contributed by atoms with Gasteiger partial charge in [-0.05, 0) is 19.9 Å². The summed E-state index contributed by atoms with van der Waals surface area (Å²) < 4.78 is 22.2. The van der Waals surface area contributed by atoms with Crippen molar-refractivity contribution in [3.05, 3.63) is 0 Å². The second kappa shape index (κ2) is 5.70. The topological polar surface area (TPSA) is 54.5 Å². The molecule has 0 spiro atoms. The first-order valence-electron chi connectivity index (χ1n) is 6.52. The van der Waals surface area contributed by atoms with Crippen LogP contribution in [-0.4, -0.2) is 51.2 Å². The summed E-state index contributed by atoms with van der Waals surface area (Å²) in [6.07, 6.45) is 4.24. The third-order valence-electron chi connectivity index (χ3n) is 3.77. The van der Waals surface area contributed by atoms with Crippen LogP contribution >= 0.6 is 0 Å². The van der Waals surface area contributed by atoms with Gasteiger partial charge in [-0.3, -0.25) is 4.79 Å². The highest BCUT2D eigenvalue weighted by atomic mass is 32.2. The first kappa shape index (κ1) is 15.6. The standard InChI is InChI=1S/C13H25NO3S/c1-13(2)7-5-6-11(12(13)15)10-14(3)8-9-18(4,16)17/h11H,5-10H2,1-4H3. The maximum absolute atomic E-state index is 12.2. The molecule has 106 valence electrons. The van der Waals surface area contributed by atoms with Crippen molar-refractivity contribution >= 4 is 15.6 Å². The molecule has 1 saturated carbocycles. The normalized spacial score (nSPS) is 24.5. The Labute approximate surface area is 111 Å². The molecule has 0 aliphatic heterocycles. The Morgan fingerprint density at radius 2 is 2.00 bits per heavy atom. The predicted molar refractivity (Wildman–Crippen MR) is 73.3 cm³/mol. The van der Waals surface area contributed by atoms with Crippen LogP contribution in [0.4, 0.5) is 0 Å². The van der Waals surface area contributed by atoms with E-state index in [9.17, 15) is 13.2 Å². The van der Waals surface area contributed by atoms with Crippen LogP contribution in [-0.2, 0) is 14.6 Å². The molecule has 0 heterocycles. The lowest BCUT2D eigenvalue weighted by Crippen LogP contribution is -2.41. The molecule has 1 aliphatic carbocycles. The van der Waals surface area contributed by atoms with E-state index < -0.39 is 9.84 Å². The Bertz CT molecular complexity index is 400. The lowest BCUT2D eigenvalue weighted by molar-refractivity contribution is -0.134. The van der Waals surface area contributed by atoms with Crippen molar-refractivity contribution in [1.82, 2.24) is 4.90 Å². The first-order valence-corrected chi connectivity index (χ1v) is 8.58. The van der Waals surface area contributed by atoms with E-state index in [1.54, 1.807) is 0 Å². The van der Waals surface area contributed by atoms with E-state index in [-0.39, 0.29) is 17.1 Å². The van der Waals surface area contributed by atoms with Gasteiger partial charge in [0.15, 0.2) is 0 Å². The van der Waals surface area contributed by atoms with Crippen LogP contribution in [0.5, 0.6) is 0 Å². The maximum atomic E-state index is 12.2. The minimum absolute atomic E-state index is 0.0679. The summed E-state index contributed by atoms with van der Waals surface area (Å²) in [6.45, 7) is 5.21. The molecule has 0 saturated heterocycles. The Morgan fingerprint density at radius 3 is 2.56 bits per heavy atom. The van der Waals surface area contributed by atoms with Gasteiger partial charge in [-0.1, -0.05) is 20.3 Å². The van der Waals surface area contributed by atoms with Crippen molar-refractivity contribution < 1.29 is 13.2 Å². The van der Waals surface area contributed by atoms with Gasteiger partial charge in [0.25, 0.3) is 0 Å². The zero-order valence-electron chi connectivity index (χ0n) is 11.9. The molecular weight excluding hydrogens is 250 g/mol. The number of nitrogens with zero attached hydrogens (tertiary/aromatic N) is 1. The lowest BCUT2D eigenvalue weighted by atomic mass is 9.71. The summed E-state index contributed by atoms with van der Waals surface area (Å²) in [6, 6.07) is 0. The number of ketones is 1. The highest BCUT2D eigenvalue weighted by Crippen LogP contribution is 2.35. The third-order valence-corrected chi connectivity index (χ3v) is 4.69. The highest BCUT2D eigenvalue weighted by molar-refractivity contribution is 7.90. The molecule has 0 radical (unpaired) electrons. The fraction of sp³-hybridized carbons (Fsp3) is 0.923. The number of Topliss-reactive ketones (excluding diaryl/α,β-unsaturated/α-hetero) is 1. The molecule has 0 aromatic heterocycles. The summed E-state index contributed by atoms with van der Waals surface area (Å²) >= 11 is 0. The van der Waals surface area contributed by atoms with E-state index in [0.29, 0.717) is 18.9 Å². The van der Waals surface area contributed by atoms with E-state index in [2.05, 4.69) is 0 Å². The first-order chi connectivity index (χ1) is 8.12. The summed E-state index contributed by atoms with van der Waals surface area (Å²) in [5.74, 6) is 0.562. The van der Waals surface area contributed by atoms with Crippen LogP contribution < -0.4 is 0 Å². The summed E-state index contributed by atoms with van der Waals surface area (Å²) in [4.78, 5) is 14.2. The second-order valence-electron chi connectivity index (χ2n) is 6.23.